The lowest BCUT2D eigenvalue weighted by atomic mass is 10.00. The van der Waals surface area contributed by atoms with Crippen molar-refractivity contribution in [3.05, 3.63) is 36.0 Å². The number of carboxylic acid groups (broad SMARTS) is 2. The van der Waals surface area contributed by atoms with E-state index in [0.717, 1.165) is 12.8 Å². The molecule has 9 atom stereocenters. The number of nitrogens with zero attached hydrogens (tertiary/aromatic N) is 1. The first kappa shape index (κ1) is 61.9. The number of aliphatic hydroxyl groups excluding tert-OH is 1. The van der Waals surface area contributed by atoms with Gasteiger partial charge >= 0.3 is 11.9 Å². The molecule has 0 aliphatic carbocycles. The first-order chi connectivity index (χ1) is 36.5. The number of rotatable bonds is 31. The van der Waals surface area contributed by atoms with Crippen molar-refractivity contribution in [2.75, 3.05) is 26.2 Å². The number of aromatic amines is 1. The minimum Gasteiger partial charge on any atom is -0.481 e. The smallest absolute Gasteiger partial charge is 0.326 e. The molecule has 2 aliphatic heterocycles. The first-order valence-corrected chi connectivity index (χ1v) is 25.8. The van der Waals surface area contributed by atoms with Crippen molar-refractivity contribution in [3.8, 4) is 0 Å². The number of carboxylic acids is 2. The minimum atomic E-state index is -1.90. The van der Waals surface area contributed by atoms with Crippen molar-refractivity contribution in [3.63, 3.8) is 0 Å². The number of unbranched alkanes of at least 4 members (excludes halogenated alkanes) is 2. The van der Waals surface area contributed by atoms with Crippen LogP contribution in [0.4, 0.5) is 0 Å². The fraction of sp³-hybridized carbons (Fsp3) is 0.600. The summed E-state index contributed by atoms with van der Waals surface area (Å²) in [7, 11) is 0. The summed E-state index contributed by atoms with van der Waals surface area (Å²) in [5.41, 5.74) is 6.49. The summed E-state index contributed by atoms with van der Waals surface area (Å²) in [5, 5.41) is 52.3. The summed E-state index contributed by atoms with van der Waals surface area (Å²) >= 11 is 0. The van der Waals surface area contributed by atoms with Crippen molar-refractivity contribution in [1.29, 1.82) is 0 Å². The van der Waals surface area contributed by atoms with Crippen LogP contribution >= 0.6 is 0 Å². The lowest BCUT2D eigenvalue weighted by Gasteiger charge is -2.27. The van der Waals surface area contributed by atoms with E-state index in [1.807, 2.05) is 6.92 Å². The average molecular weight is 1080 g/mol. The van der Waals surface area contributed by atoms with E-state index >= 15 is 0 Å². The molecule has 3 heterocycles. The van der Waals surface area contributed by atoms with Crippen LogP contribution in [0, 0.1) is 5.92 Å². The predicted molar refractivity (Wildman–Crippen MR) is 274 cm³/mol. The normalized spacial score (nSPS) is 18.4. The Balaban J connectivity index is 1.47. The molecule has 10 amide bonds. The van der Waals surface area contributed by atoms with Crippen molar-refractivity contribution in [2.24, 2.45) is 11.7 Å². The fourth-order valence-electron chi connectivity index (χ4n) is 8.90. The molecule has 2 aliphatic rings. The number of β-amino-alcohol motifs (C(OH)–C–C–N with tert-alkyl or cyclic N) is 1. The molecule has 0 bridgehead atoms. The molecule has 424 valence electrons. The minimum absolute atomic E-state index is 0.0122. The maximum atomic E-state index is 14.4. The molecule has 0 spiro atoms. The van der Waals surface area contributed by atoms with Gasteiger partial charge in [0.15, 0.2) is 0 Å². The number of amides is 10. The molecule has 2 fully saturated rings. The monoisotopic (exact) mass is 1080 g/mol. The molecule has 4 rings (SSSR count). The van der Waals surface area contributed by atoms with E-state index in [1.165, 1.54) is 11.8 Å². The van der Waals surface area contributed by atoms with Crippen LogP contribution in [0.1, 0.15) is 104 Å². The van der Waals surface area contributed by atoms with Crippen LogP contribution in [0.3, 0.4) is 0 Å². The number of para-hydroxylation sites is 1. The molecule has 1 aromatic carbocycles. The fourth-order valence-corrected chi connectivity index (χ4v) is 8.90. The van der Waals surface area contributed by atoms with Gasteiger partial charge in [0, 0.05) is 43.0 Å². The summed E-state index contributed by atoms with van der Waals surface area (Å²) in [6.07, 6.45) is 2.01. The largest absolute Gasteiger partial charge is 0.481 e. The number of nitrogens with one attached hydrogen (secondary N) is 10. The number of likely N-dealkylation sites (tertiary alicyclic amines) is 1. The van der Waals surface area contributed by atoms with E-state index in [9.17, 15) is 72.9 Å². The van der Waals surface area contributed by atoms with Crippen LogP contribution < -0.4 is 53.6 Å². The van der Waals surface area contributed by atoms with Crippen LogP contribution in [-0.4, -0.2) is 177 Å². The number of carbonyl (C=O) groups is 12. The van der Waals surface area contributed by atoms with Crippen molar-refractivity contribution < 1.29 is 72.9 Å². The number of aromatic nitrogens is 1. The van der Waals surface area contributed by atoms with Crippen molar-refractivity contribution in [1.82, 2.24) is 57.7 Å². The van der Waals surface area contributed by atoms with Crippen LogP contribution in [0.5, 0.6) is 0 Å². The van der Waals surface area contributed by atoms with Gasteiger partial charge in [-0.3, -0.25) is 52.7 Å². The summed E-state index contributed by atoms with van der Waals surface area (Å²) in [6.45, 7) is 5.97. The molecular formula is C50H74N12O15. The zero-order valence-electron chi connectivity index (χ0n) is 43.7. The Bertz CT molecular complexity index is 2470. The van der Waals surface area contributed by atoms with Crippen molar-refractivity contribution >= 4 is 81.9 Å². The van der Waals surface area contributed by atoms with E-state index in [1.54, 1.807) is 44.3 Å². The lowest BCUT2D eigenvalue weighted by Crippen LogP contribution is -2.60. The Hall–Kier alpha value is -7.68. The number of hydrogen-bond acceptors (Lipinski definition) is 14. The number of H-pyrrole nitrogens is 1. The third-order valence-electron chi connectivity index (χ3n) is 13.0. The summed E-state index contributed by atoms with van der Waals surface area (Å²) in [6, 6.07) is -3.50. The van der Waals surface area contributed by atoms with E-state index in [4.69, 9.17) is 5.73 Å². The molecule has 77 heavy (non-hydrogen) atoms. The molecule has 0 radical (unpaired) electrons. The van der Waals surface area contributed by atoms with Crippen LogP contribution in [0.15, 0.2) is 30.5 Å². The van der Waals surface area contributed by atoms with Crippen LogP contribution in [0.2, 0.25) is 0 Å². The number of carbonyl (C=O) groups excluding carboxylic acids is 10. The van der Waals surface area contributed by atoms with Gasteiger partial charge in [0.2, 0.25) is 59.1 Å². The zero-order valence-corrected chi connectivity index (χ0v) is 43.7. The molecular weight excluding hydrogens is 1010 g/mol. The Morgan fingerprint density at radius 3 is 2.05 bits per heavy atom. The van der Waals surface area contributed by atoms with Gasteiger partial charge in [0.05, 0.1) is 31.7 Å². The number of benzene rings is 1. The molecule has 15 N–H and O–H groups in total. The third kappa shape index (κ3) is 19.8. The summed E-state index contributed by atoms with van der Waals surface area (Å²) in [4.78, 5) is 161. The SMILES string of the molecule is CCCCC[C@H](NC(=O)[C@@H]1CCCN1C(=O)CNC(=O)[C@H](C)NC(=O)[C@H](CC(C)C)NC(=O)[C@H](Cc1c[nH]c2ccccc12)NC(=O)[C@H](CC(=O)O)NC(=O)[C@H](CCC(N)=O)NC(=O)CNC(=O)[C@@H]1C[C@@H](O)CN1)C(=O)O. The highest BCUT2D eigenvalue weighted by molar-refractivity contribution is 5.99. The standard InChI is InChI=1S/C50H74N12O15/c1-5-6-7-13-33(50(76)77)58-49(75)38-14-10-17-62(38)41(66)25-55-43(69)27(4)56-46(72)35(18-26(2)3)59-47(73)36(19-28-22-52-31-12-9-8-11-30(28)31)60-48(74)37(21-42(67)68)61-45(71)32(15-16-39(51)64)57-40(65)24-54-44(70)34-20-29(63)23-53-34/h8-9,11-12,22,26-27,29,32-38,52-53,63H,5-7,10,13-21,23-25H2,1-4H3,(H2,51,64)(H,54,70)(H,55,69)(H,56,72)(H,57,65)(H,58,75)(H,59,73)(H,60,74)(H,61,71)(H,67,68)(H,76,77)/t27-,29+,32-,33-,34-,35-,36-,37-,38-/m0/s1. The molecule has 2 saturated heterocycles. The van der Waals surface area contributed by atoms with Gasteiger partial charge in [-0.25, -0.2) is 4.79 Å². The van der Waals surface area contributed by atoms with Gasteiger partial charge in [-0.05, 0) is 63.0 Å². The Morgan fingerprint density at radius 1 is 0.740 bits per heavy atom. The van der Waals surface area contributed by atoms with Crippen molar-refractivity contribution in [2.45, 2.75) is 159 Å². The predicted octanol–water partition coefficient (Wildman–Crippen LogP) is -2.96. The molecule has 0 saturated carbocycles. The molecule has 2 aromatic rings. The second-order valence-electron chi connectivity index (χ2n) is 19.8. The van der Waals surface area contributed by atoms with Crippen LogP contribution in [0.25, 0.3) is 10.9 Å². The van der Waals surface area contributed by atoms with Gasteiger partial charge in [0.25, 0.3) is 0 Å². The highest BCUT2D eigenvalue weighted by Crippen LogP contribution is 2.21. The number of hydrogen-bond donors (Lipinski definition) is 14. The Kier molecular flexibility index (Phi) is 24.2. The number of fused-ring (bicyclic) bond motifs is 1. The second-order valence-corrected chi connectivity index (χ2v) is 19.8. The number of nitrogens with two attached hydrogens (primary N) is 1. The van der Waals surface area contributed by atoms with Gasteiger partial charge in [-0.2, -0.15) is 0 Å². The molecule has 0 unspecified atom stereocenters. The first-order valence-electron chi connectivity index (χ1n) is 25.8. The van der Waals surface area contributed by atoms with Gasteiger partial charge in [-0.15, -0.1) is 0 Å². The number of aliphatic hydroxyl groups is 1. The molecule has 27 nitrogen and oxygen atoms in total. The van der Waals surface area contributed by atoms with E-state index in [2.05, 4.69) is 52.8 Å². The topological polar surface area (TPSA) is 419 Å². The third-order valence-corrected chi connectivity index (χ3v) is 13.0. The molecule has 27 heteroatoms. The van der Waals surface area contributed by atoms with Gasteiger partial charge in [0.1, 0.15) is 42.3 Å². The average Bonchev–Trinajstić information content (AvgIpc) is 4.15. The quantitative estimate of drug-likeness (QED) is 0.0336. The van der Waals surface area contributed by atoms with E-state index in [-0.39, 0.29) is 51.1 Å². The van der Waals surface area contributed by atoms with E-state index in [0.29, 0.717) is 29.3 Å². The summed E-state index contributed by atoms with van der Waals surface area (Å²) in [5.74, 6) is -11.4. The highest BCUT2D eigenvalue weighted by Gasteiger charge is 2.38. The second kappa shape index (κ2) is 30.2. The Labute approximate surface area is 444 Å². The maximum Gasteiger partial charge on any atom is 0.326 e. The highest BCUT2D eigenvalue weighted by atomic mass is 16.4. The van der Waals surface area contributed by atoms with E-state index < -0.39 is 158 Å². The number of primary amides is 1. The summed E-state index contributed by atoms with van der Waals surface area (Å²) < 4.78 is 0. The Morgan fingerprint density at radius 2 is 1.40 bits per heavy atom. The molecule has 1 aromatic heterocycles. The maximum absolute atomic E-state index is 14.4. The van der Waals surface area contributed by atoms with Gasteiger partial charge in [-0.1, -0.05) is 58.2 Å². The lowest BCUT2D eigenvalue weighted by molar-refractivity contribution is -0.144. The van der Waals surface area contributed by atoms with Gasteiger partial charge < -0.3 is 78.8 Å². The zero-order chi connectivity index (χ0) is 56.9. The van der Waals surface area contributed by atoms with Crippen LogP contribution in [-0.2, 0) is 64.0 Å². The number of aliphatic carboxylic acids is 2.